The molecule has 122 valence electrons. The highest BCUT2D eigenvalue weighted by Gasteiger charge is 2.35. The molecule has 2 atom stereocenters. The van der Waals surface area contributed by atoms with E-state index in [4.69, 9.17) is 9.47 Å². The molecule has 0 saturated heterocycles. The SMILES string of the molecule is COc1cc2c(cc1OC)[C@H]1c3ccccc3CN[C@@H]1CC2.Cl. The maximum absolute atomic E-state index is 5.52. The Morgan fingerprint density at radius 1 is 0.957 bits per heavy atom. The highest BCUT2D eigenvalue weighted by atomic mass is 35.5. The molecule has 4 heteroatoms. The van der Waals surface area contributed by atoms with Crippen molar-refractivity contribution in [2.45, 2.75) is 31.3 Å². The summed E-state index contributed by atoms with van der Waals surface area (Å²) in [5, 5.41) is 3.71. The molecule has 1 N–H and O–H groups in total. The Hall–Kier alpha value is -1.71. The molecule has 2 aliphatic rings. The summed E-state index contributed by atoms with van der Waals surface area (Å²) in [5.41, 5.74) is 5.64. The summed E-state index contributed by atoms with van der Waals surface area (Å²) in [4.78, 5) is 0. The summed E-state index contributed by atoms with van der Waals surface area (Å²) >= 11 is 0. The summed E-state index contributed by atoms with van der Waals surface area (Å²) < 4.78 is 11.0. The van der Waals surface area contributed by atoms with Gasteiger partial charge in [0.05, 0.1) is 14.2 Å². The van der Waals surface area contributed by atoms with Gasteiger partial charge in [0.1, 0.15) is 0 Å². The second-order valence-corrected chi connectivity index (χ2v) is 6.11. The molecule has 0 saturated carbocycles. The molecule has 0 unspecified atom stereocenters. The van der Waals surface area contributed by atoms with Crippen LogP contribution in [-0.4, -0.2) is 20.3 Å². The number of halogens is 1. The van der Waals surface area contributed by atoms with Crippen LogP contribution in [0.4, 0.5) is 0 Å². The number of hydrogen-bond donors (Lipinski definition) is 1. The molecule has 2 aromatic rings. The fraction of sp³-hybridized carbons (Fsp3) is 0.368. The maximum Gasteiger partial charge on any atom is 0.161 e. The summed E-state index contributed by atoms with van der Waals surface area (Å²) in [6.45, 7) is 0.972. The van der Waals surface area contributed by atoms with Crippen LogP contribution >= 0.6 is 12.4 Å². The van der Waals surface area contributed by atoms with Gasteiger partial charge in [-0.1, -0.05) is 24.3 Å². The van der Waals surface area contributed by atoms with Gasteiger partial charge < -0.3 is 14.8 Å². The smallest absolute Gasteiger partial charge is 0.161 e. The van der Waals surface area contributed by atoms with E-state index in [1.54, 1.807) is 14.2 Å². The Bertz CT molecular complexity index is 717. The maximum atomic E-state index is 5.52. The first-order chi connectivity index (χ1) is 10.8. The number of rotatable bonds is 2. The minimum absolute atomic E-state index is 0. The molecule has 2 aromatic carbocycles. The molecule has 0 bridgehead atoms. The average molecular weight is 332 g/mol. The largest absolute Gasteiger partial charge is 0.493 e. The van der Waals surface area contributed by atoms with Crippen LogP contribution < -0.4 is 14.8 Å². The topological polar surface area (TPSA) is 30.5 Å². The van der Waals surface area contributed by atoms with Gasteiger partial charge in [0, 0.05) is 18.5 Å². The summed E-state index contributed by atoms with van der Waals surface area (Å²) in [7, 11) is 3.41. The lowest BCUT2D eigenvalue weighted by atomic mass is 9.72. The minimum atomic E-state index is 0. The van der Waals surface area contributed by atoms with Crippen molar-refractivity contribution in [3.63, 3.8) is 0 Å². The highest BCUT2D eigenvalue weighted by Crippen LogP contribution is 2.44. The third-order valence-corrected chi connectivity index (χ3v) is 5.05. The number of aryl methyl sites for hydroxylation is 1. The van der Waals surface area contributed by atoms with E-state index in [0.717, 1.165) is 24.5 Å². The third kappa shape index (κ3) is 2.58. The van der Waals surface area contributed by atoms with Crippen molar-refractivity contribution in [3.05, 3.63) is 58.7 Å². The predicted octanol–water partition coefficient (Wildman–Crippen LogP) is 3.68. The van der Waals surface area contributed by atoms with Gasteiger partial charge in [-0.3, -0.25) is 0 Å². The van der Waals surface area contributed by atoms with Gasteiger partial charge >= 0.3 is 0 Å². The van der Waals surface area contributed by atoms with E-state index in [-0.39, 0.29) is 12.4 Å². The quantitative estimate of drug-likeness (QED) is 0.910. The van der Waals surface area contributed by atoms with Crippen LogP contribution in [0, 0.1) is 0 Å². The van der Waals surface area contributed by atoms with E-state index in [2.05, 4.69) is 41.7 Å². The number of ether oxygens (including phenoxy) is 2. The lowest BCUT2D eigenvalue weighted by molar-refractivity contribution is 0.349. The van der Waals surface area contributed by atoms with Gasteiger partial charge in [0.15, 0.2) is 11.5 Å². The molecule has 0 radical (unpaired) electrons. The van der Waals surface area contributed by atoms with Gasteiger partial charge in [0.25, 0.3) is 0 Å². The van der Waals surface area contributed by atoms with Crippen LogP contribution in [0.1, 0.15) is 34.6 Å². The van der Waals surface area contributed by atoms with Crippen molar-refractivity contribution in [2.24, 2.45) is 0 Å². The van der Waals surface area contributed by atoms with Gasteiger partial charge in [-0.25, -0.2) is 0 Å². The Labute approximate surface area is 143 Å². The van der Waals surface area contributed by atoms with E-state index >= 15 is 0 Å². The summed E-state index contributed by atoms with van der Waals surface area (Å²) in [5.74, 6) is 2.07. The molecule has 0 fully saturated rings. The number of nitrogens with one attached hydrogen (secondary N) is 1. The Kier molecular flexibility index (Phi) is 4.51. The average Bonchev–Trinajstić information content (AvgIpc) is 2.59. The molecule has 0 amide bonds. The fourth-order valence-electron chi connectivity index (χ4n) is 3.98. The van der Waals surface area contributed by atoms with Crippen LogP contribution in [0.5, 0.6) is 11.5 Å². The zero-order valence-electron chi connectivity index (χ0n) is 13.5. The lowest BCUT2D eigenvalue weighted by Crippen LogP contribution is -2.42. The lowest BCUT2D eigenvalue weighted by Gasteiger charge is -2.39. The number of fused-ring (bicyclic) bond motifs is 5. The molecule has 1 aliphatic heterocycles. The molecule has 1 heterocycles. The van der Waals surface area contributed by atoms with E-state index in [1.807, 2.05) is 0 Å². The number of hydrogen-bond acceptors (Lipinski definition) is 3. The van der Waals surface area contributed by atoms with E-state index in [9.17, 15) is 0 Å². The Morgan fingerprint density at radius 2 is 1.70 bits per heavy atom. The van der Waals surface area contributed by atoms with Crippen molar-refractivity contribution >= 4 is 12.4 Å². The summed E-state index contributed by atoms with van der Waals surface area (Å²) in [6.07, 6.45) is 2.26. The first-order valence-corrected chi connectivity index (χ1v) is 7.88. The van der Waals surface area contributed by atoms with Crippen molar-refractivity contribution < 1.29 is 9.47 Å². The van der Waals surface area contributed by atoms with E-state index < -0.39 is 0 Å². The van der Waals surface area contributed by atoms with Gasteiger partial charge in [-0.15, -0.1) is 12.4 Å². The van der Waals surface area contributed by atoms with Gasteiger partial charge in [-0.05, 0) is 47.2 Å². The minimum Gasteiger partial charge on any atom is -0.493 e. The van der Waals surface area contributed by atoms with Crippen LogP contribution in [0.15, 0.2) is 36.4 Å². The zero-order valence-corrected chi connectivity index (χ0v) is 14.3. The second-order valence-electron chi connectivity index (χ2n) is 6.11. The Balaban J connectivity index is 0.00000156. The fourth-order valence-corrected chi connectivity index (χ4v) is 3.98. The van der Waals surface area contributed by atoms with E-state index in [0.29, 0.717) is 12.0 Å². The van der Waals surface area contributed by atoms with Crippen molar-refractivity contribution in [1.29, 1.82) is 0 Å². The normalized spacial score (nSPS) is 21.3. The Morgan fingerprint density at radius 3 is 2.48 bits per heavy atom. The molecular weight excluding hydrogens is 310 g/mol. The van der Waals surface area contributed by atoms with Crippen LogP contribution in [0.2, 0.25) is 0 Å². The molecule has 0 spiro atoms. The first kappa shape index (κ1) is 16.2. The molecule has 3 nitrogen and oxygen atoms in total. The molecular formula is C19H22ClNO2. The molecule has 1 aliphatic carbocycles. The number of benzene rings is 2. The van der Waals surface area contributed by atoms with Crippen molar-refractivity contribution in [3.8, 4) is 11.5 Å². The molecule has 4 rings (SSSR count). The van der Waals surface area contributed by atoms with Crippen molar-refractivity contribution in [2.75, 3.05) is 14.2 Å². The number of methoxy groups -OCH3 is 2. The molecule has 23 heavy (non-hydrogen) atoms. The van der Waals surface area contributed by atoms with Crippen LogP contribution in [0.3, 0.4) is 0 Å². The first-order valence-electron chi connectivity index (χ1n) is 7.88. The third-order valence-electron chi connectivity index (χ3n) is 5.05. The highest BCUT2D eigenvalue weighted by molar-refractivity contribution is 5.85. The summed E-state index contributed by atoms with van der Waals surface area (Å²) in [6, 6.07) is 13.6. The van der Waals surface area contributed by atoms with Gasteiger partial charge in [0.2, 0.25) is 0 Å². The zero-order chi connectivity index (χ0) is 15.1. The van der Waals surface area contributed by atoms with Gasteiger partial charge in [-0.2, -0.15) is 0 Å². The standard InChI is InChI=1S/C19H21NO2.ClH/c1-21-17-9-12-7-8-16-19(15(12)10-18(17)22-2)14-6-4-3-5-13(14)11-20-16;/h3-6,9-10,16,19-20H,7-8,11H2,1-2H3;1H/t16-,19-;/m1./s1. The van der Waals surface area contributed by atoms with Crippen LogP contribution in [-0.2, 0) is 13.0 Å². The molecule has 0 aromatic heterocycles. The monoisotopic (exact) mass is 331 g/mol. The second kappa shape index (κ2) is 6.42. The van der Waals surface area contributed by atoms with E-state index in [1.165, 1.54) is 28.7 Å². The van der Waals surface area contributed by atoms with Crippen molar-refractivity contribution in [1.82, 2.24) is 5.32 Å². The van der Waals surface area contributed by atoms with Crippen LogP contribution in [0.25, 0.3) is 0 Å². The predicted molar refractivity (Wildman–Crippen MR) is 94.0 cm³/mol.